The van der Waals surface area contributed by atoms with E-state index in [1.807, 2.05) is 20.8 Å². The number of rotatable bonds is 7. The van der Waals surface area contributed by atoms with Crippen LogP contribution < -0.4 is 26.2 Å². The molecule has 0 heterocycles. The van der Waals surface area contributed by atoms with E-state index in [2.05, 4.69) is 21.5 Å². The quantitative estimate of drug-likeness (QED) is 0.388. The molecule has 0 saturated carbocycles. The summed E-state index contributed by atoms with van der Waals surface area (Å²) in [5.74, 6) is -0.558. The Morgan fingerprint density at radius 2 is 1.65 bits per heavy atom. The molecule has 0 unspecified atom stereocenters. The number of carbonyl (C=O) groups is 3. The fourth-order valence-corrected chi connectivity index (χ4v) is 2.70. The SMILES string of the molecule is CCCC(=O)Nc1ccc(C(=O)NNC(=S)NC(=O)c2ccccc2OC(C)C)cc1. The molecule has 2 rings (SSSR count). The number of benzene rings is 2. The second-order valence-corrected chi connectivity index (χ2v) is 7.31. The van der Waals surface area contributed by atoms with Crippen molar-refractivity contribution in [3.8, 4) is 5.75 Å². The molecule has 3 amide bonds. The number of hydrogen-bond donors (Lipinski definition) is 4. The van der Waals surface area contributed by atoms with E-state index in [-0.39, 0.29) is 17.1 Å². The molecule has 0 radical (unpaired) electrons. The third-order valence-electron chi connectivity index (χ3n) is 3.92. The van der Waals surface area contributed by atoms with Gasteiger partial charge in [0.25, 0.3) is 11.8 Å². The molecule has 0 aliphatic heterocycles. The van der Waals surface area contributed by atoms with Crippen LogP contribution in [0.4, 0.5) is 5.69 Å². The van der Waals surface area contributed by atoms with Crippen molar-refractivity contribution in [2.45, 2.75) is 39.7 Å². The van der Waals surface area contributed by atoms with Gasteiger partial charge in [0.2, 0.25) is 5.91 Å². The predicted molar refractivity (Wildman–Crippen MR) is 123 cm³/mol. The summed E-state index contributed by atoms with van der Waals surface area (Å²) < 4.78 is 5.63. The largest absolute Gasteiger partial charge is 0.490 e. The van der Waals surface area contributed by atoms with E-state index >= 15 is 0 Å². The Labute approximate surface area is 186 Å². The van der Waals surface area contributed by atoms with Gasteiger partial charge in [-0.15, -0.1) is 0 Å². The van der Waals surface area contributed by atoms with Gasteiger partial charge >= 0.3 is 0 Å². The Morgan fingerprint density at radius 1 is 0.968 bits per heavy atom. The molecule has 9 heteroatoms. The lowest BCUT2D eigenvalue weighted by atomic mass is 10.2. The van der Waals surface area contributed by atoms with Crippen molar-refractivity contribution >= 4 is 40.7 Å². The maximum atomic E-state index is 12.5. The molecule has 0 aliphatic rings. The third-order valence-corrected chi connectivity index (χ3v) is 4.12. The van der Waals surface area contributed by atoms with Gasteiger partial charge in [0.1, 0.15) is 5.75 Å². The van der Waals surface area contributed by atoms with Crippen molar-refractivity contribution in [1.29, 1.82) is 0 Å². The Morgan fingerprint density at radius 3 is 2.29 bits per heavy atom. The van der Waals surface area contributed by atoms with E-state index in [1.165, 1.54) is 0 Å². The number of hydrogen-bond acceptors (Lipinski definition) is 5. The standard InChI is InChI=1S/C22H26N4O4S/c1-4-7-19(27)23-16-12-10-15(11-13-16)20(28)25-26-22(31)24-21(29)17-8-5-6-9-18(17)30-14(2)3/h5-6,8-14H,4,7H2,1-3H3,(H,23,27)(H,25,28)(H2,24,26,29,31). The van der Waals surface area contributed by atoms with Gasteiger partial charge in [0.05, 0.1) is 11.7 Å². The first-order valence-corrected chi connectivity index (χ1v) is 10.3. The average molecular weight is 443 g/mol. The van der Waals surface area contributed by atoms with Gasteiger partial charge in [0, 0.05) is 17.7 Å². The number of nitrogens with one attached hydrogen (secondary N) is 4. The van der Waals surface area contributed by atoms with Gasteiger partial charge in [-0.25, -0.2) is 0 Å². The number of carbonyl (C=O) groups excluding carboxylic acids is 3. The van der Waals surface area contributed by atoms with Crippen LogP contribution in [0.2, 0.25) is 0 Å². The van der Waals surface area contributed by atoms with Crippen molar-refractivity contribution in [2.24, 2.45) is 0 Å². The summed E-state index contributed by atoms with van der Waals surface area (Å²) in [6.07, 6.45) is 1.10. The minimum atomic E-state index is -0.463. The summed E-state index contributed by atoms with van der Waals surface area (Å²) in [5, 5.41) is 5.18. The minimum Gasteiger partial charge on any atom is -0.490 e. The zero-order valence-corrected chi connectivity index (χ0v) is 18.5. The highest BCUT2D eigenvalue weighted by atomic mass is 32.1. The fourth-order valence-electron chi connectivity index (χ4n) is 2.55. The molecule has 0 spiro atoms. The van der Waals surface area contributed by atoms with Crippen LogP contribution in [-0.4, -0.2) is 28.9 Å². The molecule has 164 valence electrons. The van der Waals surface area contributed by atoms with Crippen molar-refractivity contribution < 1.29 is 19.1 Å². The predicted octanol–water partition coefficient (Wildman–Crippen LogP) is 3.16. The van der Waals surface area contributed by atoms with Gasteiger partial charge in [-0.1, -0.05) is 19.1 Å². The van der Waals surface area contributed by atoms with Crippen LogP contribution in [0.25, 0.3) is 0 Å². The van der Waals surface area contributed by atoms with Crippen molar-refractivity contribution in [3.63, 3.8) is 0 Å². The number of anilines is 1. The molecule has 0 atom stereocenters. The summed E-state index contributed by atoms with van der Waals surface area (Å²) >= 11 is 5.08. The Bertz CT molecular complexity index is 945. The van der Waals surface area contributed by atoms with Gasteiger partial charge in [0.15, 0.2) is 5.11 Å². The van der Waals surface area contributed by atoms with Crippen LogP contribution in [0.5, 0.6) is 5.75 Å². The normalized spacial score (nSPS) is 10.2. The molecule has 2 aromatic carbocycles. The van der Waals surface area contributed by atoms with Crippen molar-refractivity contribution in [3.05, 3.63) is 59.7 Å². The Balaban J connectivity index is 1.88. The zero-order valence-electron chi connectivity index (χ0n) is 17.7. The summed E-state index contributed by atoms with van der Waals surface area (Å²) in [6, 6.07) is 13.2. The average Bonchev–Trinajstić information content (AvgIpc) is 2.72. The van der Waals surface area contributed by atoms with Crippen LogP contribution in [-0.2, 0) is 4.79 Å². The lowest BCUT2D eigenvalue weighted by molar-refractivity contribution is -0.116. The molecule has 2 aromatic rings. The van der Waals surface area contributed by atoms with E-state index in [0.29, 0.717) is 29.0 Å². The van der Waals surface area contributed by atoms with E-state index in [1.54, 1.807) is 48.5 Å². The fraction of sp³-hybridized carbons (Fsp3) is 0.273. The van der Waals surface area contributed by atoms with Crippen LogP contribution in [0, 0.1) is 0 Å². The Kier molecular flexibility index (Phi) is 8.95. The summed E-state index contributed by atoms with van der Waals surface area (Å²) in [4.78, 5) is 36.4. The maximum absolute atomic E-state index is 12.5. The summed E-state index contributed by atoms with van der Waals surface area (Å²) in [7, 11) is 0. The van der Waals surface area contributed by atoms with Gasteiger partial charge in [-0.3, -0.25) is 30.6 Å². The lowest BCUT2D eigenvalue weighted by Gasteiger charge is -2.15. The number of ether oxygens (including phenoxy) is 1. The highest BCUT2D eigenvalue weighted by Gasteiger charge is 2.15. The molecule has 0 saturated heterocycles. The van der Waals surface area contributed by atoms with Crippen LogP contribution in [0.3, 0.4) is 0 Å². The molecule has 0 fully saturated rings. The molecule has 0 bridgehead atoms. The van der Waals surface area contributed by atoms with E-state index in [4.69, 9.17) is 17.0 Å². The lowest BCUT2D eigenvalue weighted by Crippen LogP contribution is -2.48. The Hall–Kier alpha value is -3.46. The van der Waals surface area contributed by atoms with Gasteiger partial charge in [-0.2, -0.15) is 0 Å². The zero-order chi connectivity index (χ0) is 22.8. The second kappa shape index (κ2) is 11.7. The topological polar surface area (TPSA) is 109 Å². The first-order chi connectivity index (χ1) is 14.8. The van der Waals surface area contributed by atoms with Crippen LogP contribution >= 0.6 is 12.2 Å². The maximum Gasteiger partial charge on any atom is 0.269 e. The van der Waals surface area contributed by atoms with E-state index < -0.39 is 11.8 Å². The number of amides is 3. The molecule has 0 aliphatic carbocycles. The first kappa shape index (κ1) is 23.8. The minimum absolute atomic E-state index is 0.0684. The third kappa shape index (κ3) is 7.71. The van der Waals surface area contributed by atoms with Gasteiger partial charge < -0.3 is 10.1 Å². The molecular formula is C22H26N4O4S. The summed E-state index contributed by atoms with van der Waals surface area (Å²) in [5.41, 5.74) is 6.20. The van der Waals surface area contributed by atoms with Crippen molar-refractivity contribution in [2.75, 3.05) is 5.32 Å². The highest BCUT2D eigenvalue weighted by molar-refractivity contribution is 7.80. The van der Waals surface area contributed by atoms with Crippen molar-refractivity contribution in [1.82, 2.24) is 16.2 Å². The summed E-state index contributed by atoms with van der Waals surface area (Å²) in [6.45, 7) is 5.65. The molecule has 31 heavy (non-hydrogen) atoms. The molecule has 0 aromatic heterocycles. The number of para-hydroxylation sites is 1. The number of thiocarbonyl (C=S) groups is 1. The van der Waals surface area contributed by atoms with Crippen LogP contribution in [0.1, 0.15) is 54.3 Å². The van der Waals surface area contributed by atoms with Crippen LogP contribution in [0.15, 0.2) is 48.5 Å². The van der Waals surface area contributed by atoms with Gasteiger partial charge in [-0.05, 0) is 68.9 Å². The molecular weight excluding hydrogens is 416 g/mol. The number of hydrazine groups is 1. The van der Waals surface area contributed by atoms with E-state index in [0.717, 1.165) is 6.42 Å². The smallest absolute Gasteiger partial charge is 0.269 e. The monoisotopic (exact) mass is 442 g/mol. The highest BCUT2D eigenvalue weighted by Crippen LogP contribution is 2.19. The molecule has 4 N–H and O–H groups in total. The first-order valence-electron chi connectivity index (χ1n) is 9.87. The van der Waals surface area contributed by atoms with E-state index in [9.17, 15) is 14.4 Å². The molecule has 8 nitrogen and oxygen atoms in total. The second-order valence-electron chi connectivity index (χ2n) is 6.90.